The van der Waals surface area contributed by atoms with Crippen LogP contribution >= 0.6 is 0 Å². The fourth-order valence-electron chi connectivity index (χ4n) is 7.23. The van der Waals surface area contributed by atoms with Gasteiger partial charge in [0.2, 0.25) is 0 Å². The number of carbonyl (C=O) groups excluding carboxylic acids is 3. The number of unbranched alkanes of at least 4 members (excludes halogenated alkanes) is 25. The van der Waals surface area contributed by atoms with Gasteiger partial charge in [-0.05, 0) is 37.0 Å². The molecule has 0 unspecified atom stereocenters. The van der Waals surface area contributed by atoms with Crippen LogP contribution in [0.1, 0.15) is 260 Å². The second kappa shape index (κ2) is 40.6. The van der Waals surface area contributed by atoms with Crippen LogP contribution in [0, 0.1) is 17.8 Å². The van der Waals surface area contributed by atoms with Crippen LogP contribution in [0.5, 0.6) is 0 Å². The van der Waals surface area contributed by atoms with E-state index in [1.54, 1.807) is 0 Å². The SMILES string of the molecule is CC(C)CCCCCCCCCCCCC(=O)OC[C@@H](COC(=O)CCCCCCCCCCCC(C)C)OC(=O)CCCCCCCCCCCC(C)C. The molecule has 0 N–H and O–H groups in total. The second-order valence-electron chi connectivity index (χ2n) is 18.2. The highest BCUT2D eigenvalue weighted by Crippen LogP contribution is 2.17. The first-order chi connectivity index (χ1) is 26.6. The Morgan fingerprint density at radius 2 is 0.527 bits per heavy atom. The molecule has 326 valence electrons. The van der Waals surface area contributed by atoms with Crippen molar-refractivity contribution >= 4 is 17.9 Å². The Hall–Kier alpha value is -1.59. The maximum absolute atomic E-state index is 12.7. The van der Waals surface area contributed by atoms with Crippen LogP contribution in [0.25, 0.3) is 0 Å². The fraction of sp³-hybridized carbons (Fsp3) is 0.939. The highest BCUT2D eigenvalue weighted by molar-refractivity contribution is 5.71. The summed E-state index contributed by atoms with van der Waals surface area (Å²) in [5.41, 5.74) is 0. The summed E-state index contributed by atoms with van der Waals surface area (Å²) < 4.78 is 16.8. The molecular formula is C49H94O6. The molecule has 0 aliphatic heterocycles. The van der Waals surface area contributed by atoms with Crippen LogP contribution in [0.2, 0.25) is 0 Å². The molecule has 0 aliphatic carbocycles. The van der Waals surface area contributed by atoms with E-state index in [-0.39, 0.29) is 31.1 Å². The van der Waals surface area contributed by atoms with Crippen molar-refractivity contribution in [2.24, 2.45) is 17.8 Å². The van der Waals surface area contributed by atoms with Gasteiger partial charge in [0.25, 0.3) is 0 Å². The largest absolute Gasteiger partial charge is 0.462 e. The topological polar surface area (TPSA) is 78.9 Å². The van der Waals surface area contributed by atoms with Crippen LogP contribution in [-0.2, 0) is 28.6 Å². The van der Waals surface area contributed by atoms with Crippen molar-refractivity contribution in [3.05, 3.63) is 0 Å². The summed E-state index contributed by atoms with van der Waals surface area (Å²) in [5, 5.41) is 0. The molecule has 0 aromatic carbocycles. The lowest BCUT2D eigenvalue weighted by atomic mass is 10.0. The van der Waals surface area contributed by atoms with Crippen molar-refractivity contribution in [3.8, 4) is 0 Å². The van der Waals surface area contributed by atoms with Gasteiger partial charge in [0.15, 0.2) is 6.10 Å². The summed E-state index contributed by atoms with van der Waals surface area (Å²) in [6.07, 6.45) is 38.1. The highest BCUT2D eigenvalue weighted by atomic mass is 16.6. The summed E-state index contributed by atoms with van der Waals surface area (Å²) in [6.45, 7) is 13.6. The third-order valence-corrected chi connectivity index (χ3v) is 10.9. The quantitative estimate of drug-likeness (QED) is 0.0349. The van der Waals surface area contributed by atoms with Gasteiger partial charge >= 0.3 is 17.9 Å². The smallest absolute Gasteiger partial charge is 0.306 e. The number of hydrogen-bond acceptors (Lipinski definition) is 6. The first-order valence-corrected chi connectivity index (χ1v) is 24.1. The highest BCUT2D eigenvalue weighted by Gasteiger charge is 2.19. The van der Waals surface area contributed by atoms with Crippen molar-refractivity contribution < 1.29 is 28.6 Å². The van der Waals surface area contributed by atoms with Crippen LogP contribution in [0.15, 0.2) is 0 Å². The molecule has 0 radical (unpaired) electrons. The molecule has 0 aromatic rings. The van der Waals surface area contributed by atoms with E-state index in [4.69, 9.17) is 14.2 Å². The summed E-state index contributed by atoms with van der Waals surface area (Å²) in [6, 6.07) is 0. The lowest BCUT2D eigenvalue weighted by Crippen LogP contribution is -2.30. The molecule has 0 aliphatic rings. The van der Waals surface area contributed by atoms with E-state index in [1.165, 1.54) is 141 Å². The lowest BCUT2D eigenvalue weighted by molar-refractivity contribution is -0.167. The average Bonchev–Trinajstić information content (AvgIpc) is 3.13. The molecule has 0 heterocycles. The van der Waals surface area contributed by atoms with Gasteiger partial charge in [-0.15, -0.1) is 0 Å². The van der Waals surface area contributed by atoms with Gasteiger partial charge in [0.1, 0.15) is 13.2 Å². The van der Waals surface area contributed by atoms with Crippen LogP contribution in [-0.4, -0.2) is 37.2 Å². The predicted octanol–water partition coefficient (Wildman–Crippen LogP) is 15.2. The second-order valence-corrected chi connectivity index (χ2v) is 18.2. The zero-order valence-electron chi connectivity index (χ0n) is 37.7. The molecule has 0 saturated carbocycles. The third kappa shape index (κ3) is 43.4. The minimum atomic E-state index is -0.762. The van der Waals surface area contributed by atoms with Crippen molar-refractivity contribution in [2.45, 2.75) is 266 Å². The van der Waals surface area contributed by atoms with Crippen LogP contribution < -0.4 is 0 Å². The van der Waals surface area contributed by atoms with Crippen molar-refractivity contribution in [1.29, 1.82) is 0 Å². The number of hydrogen-bond donors (Lipinski definition) is 0. The molecule has 0 spiro atoms. The van der Waals surface area contributed by atoms with E-state index in [2.05, 4.69) is 41.5 Å². The zero-order valence-corrected chi connectivity index (χ0v) is 37.7. The molecule has 0 rings (SSSR count). The molecule has 1 atom stereocenters. The van der Waals surface area contributed by atoms with E-state index in [0.717, 1.165) is 75.5 Å². The minimum absolute atomic E-state index is 0.0658. The minimum Gasteiger partial charge on any atom is -0.462 e. The van der Waals surface area contributed by atoms with E-state index < -0.39 is 6.10 Å². The van der Waals surface area contributed by atoms with Crippen LogP contribution in [0.3, 0.4) is 0 Å². The zero-order chi connectivity index (χ0) is 40.6. The fourth-order valence-corrected chi connectivity index (χ4v) is 7.23. The van der Waals surface area contributed by atoms with Gasteiger partial charge < -0.3 is 14.2 Å². The van der Waals surface area contributed by atoms with Crippen molar-refractivity contribution in [3.63, 3.8) is 0 Å². The van der Waals surface area contributed by atoms with E-state index in [0.29, 0.717) is 19.3 Å². The molecular weight excluding hydrogens is 685 g/mol. The van der Waals surface area contributed by atoms with Crippen molar-refractivity contribution in [1.82, 2.24) is 0 Å². The molecule has 0 saturated heterocycles. The first-order valence-electron chi connectivity index (χ1n) is 24.1. The maximum atomic E-state index is 12.7. The monoisotopic (exact) mass is 779 g/mol. The van der Waals surface area contributed by atoms with Gasteiger partial charge in [-0.1, -0.05) is 221 Å². The number of rotatable bonds is 42. The number of ether oxygens (including phenoxy) is 3. The van der Waals surface area contributed by atoms with Crippen molar-refractivity contribution in [2.75, 3.05) is 13.2 Å². The maximum Gasteiger partial charge on any atom is 0.306 e. The Kier molecular flexibility index (Phi) is 39.4. The molecule has 0 fully saturated rings. The third-order valence-electron chi connectivity index (χ3n) is 10.9. The number of carbonyl (C=O) groups is 3. The lowest BCUT2D eigenvalue weighted by Gasteiger charge is -2.18. The standard InChI is InChI=1S/C49H94O6/c1-43(2)35-29-23-17-11-7-8-14-20-26-32-38-47(50)53-41-46(55-49(52)40-34-28-22-16-10-13-19-25-31-37-45(5)6)42-54-48(51)39-33-27-21-15-9-12-18-24-30-36-44(3)4/h43-46H,7-42H2,1-6H3/t46-/m0/s1. The average molecular weight is 779 g/mol. The molecule has 6 heteroatoms. The summed E-state index contributed by atoms with van der Waals surface area (Å²) in [5.74, 6) is 1.57. The van der Waals surface area contributed by atoms with Gasteiger partial charge in [0, 0.05) is 19.3 Å². The molecule has 0 bridgehead atoms. The van der Waals surface area contributed by atoms with Gasteiger partial charge in [-0.2, -0.15) is 0 Å². The summed E-state index contributed by atoms with van der Waals surface area (Å²) >= 11 is 0. The van der Waals surface area contributed by atoms with Gasteiger partial charge in [0.05, 0.1) is 0 Å². The Bertz CT molecular complexity index is 852. The molecule has 6 nitrogen and oxygen atoms in total. The van der Waals surface area contributed by atoms with E-state index in [1.807, 2.05) is 0 Å². The normalized spacial score (nSPS) is 12.2. The summed E-state index contributed by atoms with van der Waals surface area (Å²) in [7, 11) is 0. The Morgan fingerprint density at radius 3 is 0.782 bits per heavy atom. The van der Waals surface area contributed by atoms with E-state index >= 15 is 0 Å². The molecule has 0 amide bonds. The molecule has 55 heavy (non-hydrogen) atoms. The van der Waals surface area contributed by atoms with Crippen LogP contribution in [0.4, 0.5) is 0 Å². The Morgan fingerprint density at radius 1 is 0.309 bits per heavy atom. The molecule has 0 aromatic heterocycles. The predicted molar refractivity (Wildman–Crippen MR) is 233 cm³/mol. The van der Waals surface area contributed by atoms with Gasteiger partial charge in [-0.3, -0.25) is 14.4 Å². The number of esters is 3. The Labute approximate surface area is 342 Å². The first kappa shape index (κ1) is 53.4. The summed E-state index contributed by atoms with van der Waals surface area (Å²) in [4.78, 5) is 37.8. The van der Waals surface area contributed by atoms with Gasteiger partial charge in [-0.25, -0.2) is 0 Å². The van der Waals surface area contributed by atoms with E-state index in [9.17, 15) is 14.4 Å². The Balaban J connectivity index is 4.34.